The van der Waals surface area contributed by atoms with Crippen molar-refractivity contribution < 1.29 is 18.7 Å². The summed E-state index contributed by atoms with van der Waals surface area (Å²) in [7, 11) is 0. The van der Waals surface area contributed by atoms with Gasteiger partial charge in [0.2, 0.25) is 0 Å². The smallest absolute Gasteiger partial charge is 0.340 e. The minimum absolute atomic E-state index is 0.0280. The Balaban J connectivity index is 1.98. The zero-order chi connectivity index (χ0) is 16.3. The van der Waals surface area contributed by atoms with Gasteiger partial charge < -0.3 is 10.1 Å². The Morgan fingerprint density at radius 3 is 2.55 bits per heavy atom. The Morgan fingerprint density at radius 2 is 1.91 bits per heavy atom. The fraction of sp³-hybridized carbons (Fsp3) is 0.467. The number of benzene rings is 1. The van der Waals surface area contributed by atoms with Crippen LogP contribution in [0, 0.1) is 5.82 Å². The van der Waals surface area contributed by atoms with Gasteiger partial charge in [0.1, 0.15) is 5.82 Å². The first-order chi connectivity index (χ1) is 10.4. The summed E-state index contributed by atoms with van der Waals surface area (Å²) in [6, 6.07) is 2.15. The summed E-state index contributed by atoms with van der Waals surface area (Å²) < 4.78 is 18.4. The third-order valence-electron chi connectivity index (χ3n) is 3.58. The van der Waals surface area contributed by atoms with Gasteiger partial charge in [0, 0.05) is 6.04 Å². The number of carbonyl (C=O) groups excluding carboxylic acids is 2. The summed E-state index contributed by atoms with van der Waals surface area (Å²) in [5.41, 5.74) is -0.163. The van der Waals surface area contributed by atoms with Crippen LogP contribution in [0.1, 0.15) is 43.0 Å². The highest BCUT2D eigenvalue weighted by Gasteiger charge is 2.24. The van der Waals surface area contributed by atoms with Gasteiger partial charge in [-0.3, -0.25) is 4.79 Å². The lowest BCUT2D eigenvalue weighted by Gasteiger charge is -2.17. The van der Waals surface area contributed by atoms with Gasteiger partial charge in [-0.25, -0.2) is 9.18 Å². The van der Waals surface area contributed by atoms with Gasteiger partial charge in [-0.05, 0) is 31.9 Å². The number of halogens is 3. The molecule has 1 atom stereocenters. The number of amides is 1. The third-order valence-corrected chi connectivity index (χ3v) is 4.19. The molecule has 0 saturated heterocycles. The van der Waals surface area contributed by atoms with Crippen molar-refractivity contribution in [3.63, 3.8) is 0 Å². The van der Waals surface area contributed by atoms with Crippen molar-refractivity contribution in [1.82, 2.24) is 5.32 Å². The highest BCUT2D eigenvalue weighted by Crippen LogP contribution is 2.25. The Labute approximate surface area is 137 Å². The van der Waals surface area contributed by atoms with Gasteiger partial charge >= 0.3 is 5.97 Å². The molecule has 1 aliphatic carbocycles. The molecule has 1 N–H and O–H groups in total. The van der Waals surface area contributed by atoms with Crippen LogP contribution >= 0.6 is 23.2 Å². The van der Waals surface area contributed by atoms with E-state index >= 15 is 0 Å². The standard InChI is InChI=1S/C15H16Cl2FNO3/c1-8(14(20)19-9-4-2-3-5-9)22-15(21)10-6-13(18)12(17)7-11(10)16/h6-9H,2-5H2,1H3,(H,19,20)/t8-/m0/s1. The molecule has 22 heavy (non-hydrogen) atoms. The largest absolute Gasteiger partial charge is 0.449 e. The summed E-state index contributed by atoms with van der Waals surface area (Å²) in [6.45, 7) is 1.46. The molecule has 0 aliphatic heterocycles. The molecule has 4 nitrogen and oxygen atoms in total. The van der Waals surface area contributed by atoms with Gasteiger partial charge in [0.15, 0.2) is 6.10 Å². The maximum atomic E-state index is 13.4. The van der Waals surface area contributed by atoms with Crippen LogP contribution < -0.4 is 5.32 Å². The van der Waals surface area contributed by atoms with Crippen molar-refractivity contribution >= 4 is 35.1 Å². The quantitative estimate of drug-likeness (QED) is 0.666. The van der Waals surface area contributed by atoms with Gasteiger partial charge in [0.05, 0.1) is 15.6 Å². The van der Waals surface area contributed by atoms with E-state index in [9.17, 15) is 14.0 Å². The minimum atomic E-state index is -0.983. The van der Waals surface area contributed by atoms with E-state index in [2.05, 4.69) is 5.32 Å². The third kappa shape index (κ3) is 4.11. The minimum Gasteiger partial charge on any atom is -0.449 e. The number of esters is 1. The van der Waals surface area contributed by atoms with Crippen LogP contribution in [-0.2, 0) is 9.53 Å². The Hall–Kier alpha value is -1.33. The zero-order valence-corrected chi connectivity index (χ0v) is 13.5. The molecule has 1 fully saturated rings. The normalized spacial score (nSPS) is 16.4. The van der Waals surface area contributed by atoms with E-state index in [1.54, 1.807) is 0 Å². The Kier molecular flexibility index (Phi) is 5.64. The average molecular weight is 348 g/mol. The molecule has 1 amide bonds. The van der Waals surface area contributed by atoms with E-state index in [-0.39, 0.29) is 27.6 Å². The van der Waals surface area contributed by atoms with E-state index < -0.39 is 17.9 Å². The highest BCUT2D eigenvalue weighted by molar-refractivity contribution is 6.36. The van der Waals surface area contributed by atoms with Crippen molar-refractivity contribution in [3.8, 4) is 0 Å². The highest BCUT2D eigenvalue weighted by atomic mass is 35.5. The molecule has 120 valence electrons. The summed E-state index contributed by atoms with van der Waals surface area (Å²) >= 11 is 11.4. The first-order valence-corrected chi connectivity index (χ1v) is 7.80. The second-order valence-electron chi connectivity index (χ2n) is 5.28. The molecule has 0 aromatic heterocycles. The van der Waals surface area contributed by atoms with Crippen LogP contribution in [0.2, 0.25) is 10.0 Å². The molecule has 1 saturated carbocycles. The monoisotopic (exact) mass is 347 g/mol. The Bertz CT molecular complexity index is 588. The van der Waals surface area contributed by atoms with Gasteiger partial charge in [-0.2, -0.15) is 0 Å². The lowest BCUT2D eigenvalue weighted by atomic mass is 10.2. The first-order valence-electron chi connectivity index (χ1n) is 7.04. The van der Waals surface area contributed by atoms with Crippen molar-refractivity contribution in [2.24, 2.45) is 0 Å². The lowest BCUT2D eigenvalue weighted by Crippen LogP contribution is -2.40. The molecule has 0 bridgehead atoms. The van der Waals surface area contributed by atoms with Crippen LogP contribution in [0.5, 0.6) is 0 Å². The summed E-state index contributed by atoms with van der Waals surface area (Å²) in [5.74, 6) is -2.01. The number of ether oxygens (including phenoxy) is 1. The molecule has 1 aliphatic rings. The summed E-state index contributed by atoms with van der Waals surface area (Å²) in [4.78, 5) is 23.9. The van der Waals surface area contributed by atoms with Crippen molar-refractivity contribution in [2.75, 3.05) is 0 Å². The van der Waals surface area contributed by atoms with E-state index in [1.165, 1.54) is 6.92 Å². The average Bonchev–Trinajstić information content (AvgIpc) is 2.95. The molecule has 1 aromatic rings. The number of hydrogen-bond donors (Lipinski definition) is 1. The molecule has 1 aromatic carbocycles. The summed E-state index contributed by atoms with van der Waals surface area (Å²) in [6.07, 6.45) is 3.04. The van der Waals surface area contributed by atoms with Crippen molar-refractivity contribution in [2.45, 2.75) is 44.8 Å². The lowest BCUT2D eigenvalue weighted by molar-refractivity contribution is -0.129. The first kappa shape index (κ1) is 17.0. The zero-order valence-electron chi connectivity index (χ0n) is 12.0. The molecular formula is C15H16Cl2FNO3. The predicted octanol–water partition coefficient (Wildman–Crippen LogP) is 3.74. The topological polar surface area (TPSA) is 55.4 Å². The number of carbonyl (C=O) groups is 2. The molecule has 0 heterocycles. The molecular weight excluding hydrogens is 332 g/mol. The second-order valence-corrected chi connectivity index (χ2v) is 6.10. The molecule has 2 rings (SSSR count). The molecule has 7 heteroatoms. The van der Waals surface area contributed by atoms with E-state index in [0.29, 0.717) is 0 Å². The maximum absolute atomic E-state index is 13.4. The van der Waals surface area contributed by atoms with Gasteiger partial charge in [0.25, 0.3) is 5.91 Å². The number of nitrogens with one attached hydrogen (secondary N) is 1. The van der Waals surface area contributed by atoms with Crippen LogP contribution in [-0.4, -0.2) is 24.0 Å². The van der Waals surface area contributed by atoms with Crippen molar-refractivity contribution in [3.05, 3.63) is 33.6 Å². The molecule has 0 radical (unpaired) electrons. The van der Waals surface area contributed by atoms with Crippen LogP contribution in [0.3, 0.4) is 0 Å². The van der Waals surface area contributed by atoms with Gasteiger partial charge in [-0.1, -0.05) is 36.0 Å². The summed E-state index contributed by atoms with van der Waals surface area (Å²) in [5, 5.41) is 2.61. The van der Waals surface area contributed by atoms with Crippen LogP contribution in [0.4, 0.5) is 4.39 Å². The van der Waals surface area contributed by atoms with E-state index in [1.807, 2.05) is 0 Å². The van der Waals surface area contributed by atoms with Crippen LogP contribution in [0.25, 0.3) is 0 Å². The van der Waals surface area contributed by atoms with E-state index in [4.69, 9.17) is 27.9 Å². The van der Waals surface area contributed by atoms with Crippen LogP contribution in [0.15, 0.2) is 12.1 Å². The van der Waals surface area contributed by atoms with Gasteiger partial charge in [-0.15, -0.1) is 0 Å². The van der Waals surface area contributed by atoms with E-state index in [0.717, 1.165) is 37.8 Å². The molecule has 0 spiro atoms. The van der Waals surface area contributed by atoms with Crippen molar-refractivity contribution in [1.29, 1.82) is 0 Å². The SMILES string of the molecule is C[C@H](OC(=O)c1cc(F)c(Cl)cc1Cl)C(=O)NC1CCCC1. The second kappa shape index (κ2) is 7.29. The fourth-order valence-electron chi connectivity index (χ4n) is 2.35. The fourth-order valence-corrected chi connectivity index (χ4v) is 2.81. The number of hydrogen-bond acceptors (Lipinski definition) is 3. The Morgan fingerprint density at radius 1 is 1.27 bits per heavy atom. The predicted molar refractivity (Wildman–Crippen MR) is 81.7 cm³/mol. The number of rotatable bonds is 4. The molecule has 0 unspecified atom stereocenters. The maximum Gasteiger partial charge on any atom is 0.340 e.